The molecule has 1 saturated carbocycles. The van der Waals surface area contributed by atoms with E-state index in [2.05, 4.69) is 40.6 Å². The van der Waals surface area contributed by atoms with Crippen LogP contribution in [0.4, 0.5) is 0 Å². The van der Waals surface area contributed by atoms with Gasteiger partial charge in [-0.3, -0.25) is 4.98 Å². The first-order valence-electron chi connectivity index (χ1n) is 9.14. The van der Waals surface area contributed by atoms with Crippen molar-refractivity contribution in [3.05, 3.63) is 66.0 Å². The van der Waals surface area contributed by atoms with Gasteiger partial charge in [0.1, 0.15) is 0 Å². The molecule has 3 heteroatoms. The quantitative estimate of drug-likeness (QED) is 0.819. The Balaban J connectivity index is 1.42. The van der Waals surface area contributed by atoms with Gasteiger partial charge in [0, 0.05) is 31.1 Å². The SMILES string of the molecule is OCC(CNC1CCC(c2ccccc2)CC1)Cc1ccccn1. The maximum atomic E-state index is 9.64. The first kappa shape index (κ1) is 17.1. The Morgan fingerprint density at radius 1 is 1.00 bits per heavy atom. The number of nitrogens with one attached hydrogen (secondary N) is 1. The highest BCUT2D eigenvalue weighted by Gasteiger charge is 2.22. The largest absolute Gasteiger partial charge is 0.396 e. The Hall–Kier alpha value is -1.71. The summed E-state index contributed by atoms with van der Waals surface area (Å²) in [6.45, 7) is 1.08. The summed E-state index contributed by atoms with van der Waals surface area (Å²) in [5.41, 5.74) is 2.55. The standard InChI is InChI=1S/C21H28N2O/c24-16-17(14-21-8-4-5-13-22-21)15-23-20-11-9-19(10-12-20)18-6-2-1-3-7-18/h1-8,13,17,19-20,23-24H,9-12,14-16H2. The van der Waals surface area contributed by atoms with Gasteiger partial charge in [0.2, 0.25) is 0 Å². The zero-order valence-electron chi connectivity index (χ0n) is 14.3. The van der Waals surface area contributed by atoms with Gasteiger partial charge in [-0.1, -0.05) is 36.4 Å². The molecule has 1 aromatic heterocycles. The molecule has 0 radical (unpaired) electrons. The predicted octanol–water partition coefficient (Wildman–Crippen LogP) is 3.55. The van der Waals surface area contributed by atoms with Crippen LogP contribution >= 0.6 is 0 Å². The summed E-state index contributed by atoms with van der Waals surface area (Å²) < 4.78 is 0. The molecular weight excluding hydrogens is 296 g/mol. The third kappa shape index (κ3) is 4.89. The van der Waals surface area contributed by atoms with Gasteiger partial charge in [-0.2, -0.15) is 0 Å². The van der Waals surface area contributed by atoms with Crippen molar-refractivity contribution >= 4 is 0 Å². The van der Waals surface area contributed by atoms with Crippen LogP contribution in [0.2, 0.25) is 0 Å². The summed E-state index contributed by atoms with van der Waals surface area (Å²) in [5.74, 6) is 0.957. The number of pyridine rings is 1. The van der Waals surface area contributed by atoms with E-state index in [4.69, 9.17) is 0 Å². The molecule has 0 bridgehead atoms. The van der Waals surface area contributed by atoms with Crippen LogP contribution in [0, 0.1) is 5.92 Å². The third-order valence-electron chi connectivity index (χ3n) is 5.18. The zero-order valence-corrected chi connectivity index (χ0v) is 14.3. The van der Waals surface area contributed by atoms with Crippen LogP contribution in [0.5, 0.6) is 0 Å². The zero-order chi connectivity index (χ0) is 16.6. The maximum absolute atomic E-state index is 9.64. The van der Waals surface area contributed by atoms with Gasteiger partial charge in [-0.15, -0.1) is 0 Å². The lowest BCUT2D eigenvalue weighted by Gasteiger charge is -2.30. The van der Waals surface area contributed by atoms with E-state index in [1.807, 2.05) is 24.4 Å². The molecular formula is C21H28N2O. The van der Waals surface area contributed by atoms with Crippen molar-refractivity contribution < 1.29 is 5.11 Å². The fourth-order valence-electron chi connectivity index (χ4n) is 3.71. The van der Waals surface area contributed by atoms with Crippen LogP contribution in [0.25, 0.3) is 0 Å². The van der Waals surface area contributed by atoms with E-state index in [9.17, 15) is 5.11 Å². The molecule has 1 heterocycles. The Morgan fingerprint density at radius 2 is 1.75 bits per heavy atom. The van der Waals surface area contributed by atoms with Crippen molar-refractivity contribution in [1.82, 2.24) is 10.3 Å². The molecule has 1 unspecified atom stereocenters. The number of aliphatic hydroxyl groups is 1. The van der Waals surface area contributed by atoms with Crippen LogP contribution < -0.4 is 5.32 Å². The summed E-state index contributed by atoms with van der Waals surface area (Å²) >= 11 is 0. The van der Waals surface area contributed by atoms with Crippen molar-refractivity contribution in [3.8, 4) is 0 Å². The van der Waals surface area contributed by atoms with Gasteiger partial charge in [0.05, 0.1) is 0 Å². The van der Waals surface area contributed by atoms with Gasteiger partial charge in [-0.05, 0) is 61.6 Å². The van der Waals surface area contributed by atoms with Crippen LogP contribution in [0.3, 0.4) is 0 Å². The molecule has 24 heavy (non-hydrogen) atoms. The highest BCUT2D eigenvalue weighted by Crippen LogP contribution is 2.32. The molecule has 0 saturated heterocycles. The molecule has 1 aromatic carbocycles. The van der Waals surface area contributed by atoms with Crippen LogP contribution in [-0.2, 0) is 6.42 Å². The van der Waals surface area contributed by atoms with Crippen molar-refractivity contribution in [3.63, 3.8) is 0 Å². The molecule has 1 aliphatic carbocycles. The molecule has 0 amide bonds. The molecule has 1 fully saturated rings. The fraction of sp³-hybridized carbons (Fsp3) is 0.476. The van der Waals surface area contributed by atoms with Crippen molar-refractivity contribution in [2.24, 2.45) is 5.92 Å². The van der Waals surface area contributed by atoms with Gasteiger partial charge in [0.25, 0.3) is 0 Å². The first-order valence-corrected chi connectivity index (χ1v) is 9.14. The molecule has 1 aliphatic rings. The summed E-state index contributed by atoms with van der Waals surface area (Å²) in [5, 5.41) is 13.3. The van der Waals surface area contributed by atoms with E-state index in [0.717, 1.165) is 18.7 Å². The second-order valence-electron chi connectivity index (χ2n) is 6.94. The predicted molar refractivity (Wildman–Crippen MR) is 98.0 cm³/mol. The van der Waals surface area contributed by atoms with Crippen LogP contribution in [-0.4, -0.2) is 29.3 Å². The molecule has 0 spiro atoms. The molecule has 1 atom stereocenters. The van der Waals surface area contributed by atoms with Crippen molar-refractivity contribution in [1.29, 1.82) is 0 Å². The number of aliphatic hydroxyl groups excluding tert-OH is 1. The lowest BCUT2D eigenvalue weighted by molar-refractivity contribution is 0.211. The van der Waals surface area contributed by atoms with E-state index in [0.29, 0.717) is 12.0 Å². The van der Waals surface area contributed by atoms with Crippen LogP contribution in [0.1, 0.15) is 42.9 Å². The lowest BCUT2D eigenvalue weighted by atomic mass is 9.81. The minimum absolute atomic E-state index is 0.211. The molecule has 0 aliphatic heterocycles. The van der Waals surface area contributed by atoms with Gasteiger partial charge >= 0.3 is 0 Å². The minimum Gasteiger partial charge on any atom is -0.396 e. The number of rotatable bonds is 7. The topological polar surface area (TPSA) is 45.1 Å². The van der Waals surface area contributed by atoms with Crippen LogP contribution in [0.15, 0.2) is 54.7 Å². The second-order valence-corrected chi connectivity index (χ2v) is 6.94. The minimum atomic E-state index is 0.211. The highest BCUT2D eigenvalue weighted by molar-refractivity contribution is 5.20. The molecule has 3 nitrogen and oxygen atoms in total. The third-order valence-corrected chi connectivity index (χ3v) is 5.18. The lowest BCUT2D eigenvalue weighted by Crippen LogP contribution is -2.37. The van der Waals surface area contributed by atoms with Crippen molar-refractivity contribution in [2.75, 3.05) is 13.2 Å². The molecule has 3 rings (SSSR count). The normalized spacial score (nSPS) is 22.2. The fourth-order valence-corrected chi connectivity index (χ4v) is 3.71. The average Bonchev–Trinajstić information content (AvgIpc) is 2.67. The van der Waals surface area contributed by atoms with E-state index in [1.165, 1.54) is 31.2 Å². The summed E-state index contributed by atoms with van der Waals surface area (Å²) in [4.78, 5) is 4.37. The van der Waals surface area contributed by atoms with E-state index in [-0.39, 0.29) is 12.5 Å². The number of hydrogen-bond acceptors (Lipinski definition) is 3. The maximum Gasteiger partial charge on any atom is 0.0475 e. The first-order chi connectivity index (χ1) is 11.8. The van der Waals surface area contributed by atoms with E-state index >= 15 is 0 Å². The summed E-state index contributed by atoms with van der Waals surface area (Å²) in [6, 6.07) is 17.5. The Labute approximate surface area is 145 Å². The number of aromatic nitrogens is 1. The molecule has 128 valence electrons. The molecule has 2 aromatic rings. The van der Waals surface area contributed by atoms with Gasteiger partial charge in [0.15, 0.2) is 0 Å². The van der Waals surface area contributed by atoms with E-state index < -0.39 is 0 Å². The molecule has 2 N–H and O–H groups in total. The summed E-state index contributed by atoms with van der Waals surface area (Å²) in [7, 11) is 0. The second kappa shape index (κ2) is 8.95. The Morgan fingerprint density at radius 3 is 2.42 bits per heavy atom. The number of nitrogens with zero attached hydrogens (tertiary/aromatic N) is 1. The smallest absolute Gasteiger partial charge is 0.0475 e. The number of benzene rings is 1. The number of hydrogen-bond donors (Lipinski definition) is 2. The highest BCUT2D eigenvalue weighted by atomic mass is 16.3. The summed E-state index contributed by atoms with van der Waals surface area (Å²) in [6.07, 6.45) is 7.62. The Bertz CT molecular complexity index is 579. The monoisotopic (exact) mass is 324 g/mol. The van der Waals surface area contributed by atoms with E-state index in [1.54, 1.807) is 0 Å². The van der Waals surface area contributed by atoms with Crippen molar-refractivity contribution in [2.45, 2.75) is 44.1 Å². The van der Waals surface area contributed by atoms with Gasteiger partial charge in [-0.25, -0.2) is 0 Å². The average molecular weight is 324 g/mol. The van der Waals surface area contributed by atoms with Gasteiger partial charge < -0.3 is 10.4 Å². The Kier molecular flexibility index (Phi) is 6.39.